The van der Waals surface area contributed by atoms with Crippen LogP contribution in [0.1, 0.15) is 35.2 Å². The number of rotatable bonds is 7. The molecule has 1 N–H and O–H groups in total. The Bertz CT molecular complexity index is 1330. The molecule has 0 unspecified atom stereocenters. The molecule has 162 valence electrons. The van der Waals surface area contributed by atoms with Gasteiger partial charge in [-0.25, -0.2) is 13.9 Å². The normalized spacial score (nSPS) is 13.3. The van der Waals surface area contributed by atoms with Crippen molar-refractivity contribution in [1.29, 1.82) is 0 Å². The third kappa shape index (κ3) is 3.91. The fourth-order valence-corrected chi connectivity index (χ4v) is 3.78. The second-order valence-corrected chi connectivity index (χ2v) is 8.07. The molecule has 0 saturated heterocycles. The number of ketones is 1. The number of Topliss-reactive ketones (excluding diaryl/α,β-unsaturated/α-hetero) is 1. The number of anilines is 1. The highest BCUT2D eigenvalue weighted by Crippen LogP contribution is 2.34. The average Bonchev–Trinajstić information content (AvgIpc) is 3.48. The summed E-state index contributed by atoms with van der Waals surface area (Å²) in [4.78, 5) is 20.9. The number of aryl methyl sites for hydroxylation is 1. The van der Waals surface area contributed by atoms with E-state index in [2.05, 4.69) is 20.4 Å². The molecule has 0 atom stereocenters. The van der Waals surface area contributed by atoms with Crippen molar-refractivity contribution in [3.05, 3.63) is 65.9 Å². The highest BCUT2D eigenvalue weighted by Gasteiger charge is 2.25. The Kier molecular flexibility index (Phi) is 5.05. The van der Waals surface area contributed by atoms with Gasteiger partial charge in [-0.15, -0.1) is 5.10 Å². The number of fused-ring (bicyclic) bond motifs is 1. The van der Waals surface area contributed by atoms with Crippen molar-refractivity contribution in [2.24, 2.45) is 5.92 Å². The van der Waals surface area contributed by atoms with Gasteiger partial charge in [-0.1, -0.05) is 12.1 Å². The predicted octanol–water partition coefficient (Wildman–Crippen LogP) is 5.06. The molecule has 7 nitrogen and oxygen atoms in total. The largest absolute Gasteiger partial charge is 0.436 e. The van der Waals surface area contributed by atoms with Gasteiger partial charge in [-0.05, 0) is 37.3 Å². The van der Waals surface area contributed by atoms with Crippen LogP contribution in [0, 0.1) is 18.7 Å². The third-order valence-corrected chi connectivity index (χ3v) is 5.61. The molecule has 5 rings (SSSR count). The van der Waals surface area contributed by atoms with Crippen LogP contribution in [0.4, 0.5) is 10.1 Å². The van der Waals surface area contributed by atoms with Crippen LogP contribution >= 0.6 is 0 Å². The lowest BCUT2D eigenvalue weighted by Crippen LogP contribution is -2.04. The maximum atomic E-state index is 13.5. The highest BCUT2D eigenvalue weighted by molar-refractivity contribution is 5.98. The monoisotopic (exact) mass is 431 g/mol. The van der Waals surface area contributed by atoms with Crippen LogP contribution in [-0.4, -0.2) is 32.4 Å². The van der Waals surface area contributed by atoms with Gasteiger partial charge in [0.1, 0.15) is 5.82 Å². The SMILES string of the molecule is CNc1cc(Oc2cncc(F)c2)nn2c(-c3ccc(C(=O)CC4CC4)c(C)c3)cnc12. The number of imidazole rings is 1. The summed E-state index contributed by atoms with van der Waals surface area (Å²) in [5, 5.41) is 7.65. The summed E-state index contributed by atoms with van der Waals surface area (Å²) >= 11 is 0. The van der Waals surface area contributed by atoms with Crippen molar-refractivity contribution in [3.8, 4) is 22.9 Å². The summed E-state index contributed by atoms with van der Waals surface area (Å²) in [6.07, 6.45) is 7.19. The van der Waals surface area contributed by atoms with Crippen LogP contribution in [0.2, 0.25) is 0 Å². The Balaban J connectivity index is 1.52. The maximum Gasteiger partial charge on any atom is 0.239 e. The molecule has 3 heterocycles. The molecule has 1 aromatic carbocycles. The Morgan fingerprint density at radius 2 is 2.06 bits per heavy atom. The Morgan fingerprint density at radius 3 is 2.78 bits per heavy atom. The van der Waals surface area contributed by atoms with Crippen LogP contribution in [-0.2, 0) is 0 Å². The van der Waals surface area contributed by atoms with Gasteiger partial charge < -0.3 is 10.1 Å². The van der Waals surface area contributed by atoms with E-state index >= 15 is 0 Å². The zero-order chi connectivity index (χ0) is 22.2. The second-order valence-electron chi connectivity index (χ2n) is 8.07. The molecule has 1 aliphatic rings. The summed E-state index contributed by atoms with van der Waals surface area (Å²) in [6.45, 7) is 1.95. The highest BCUT2D eigenvalue weighted by atomic mass is 19.1. The first-order valence-electron chi connectivity index (χ1n) is 10.5. The minimum absolute atomic E-state index is 0.199. The number of halogens is 1. The summed E-state index contributed by atoms with van der Waals surface area (Å²) in [5.74, 6) is 0.768. The van der Waals surface area contributed by atoms with Gasteiger partial charge in [-0.3, -0.25) is 9.78 Å². The molecule has 0 radical (unpaired) electrons. The first kappa shape index (κ1) is 20.1. The van der Waals surface area contributed by atoms with E-state index in [-0.39, 0.29) is 17.4 Å². The number of hydrogen-bond donors (Lipinski definition) is 1. The van der Waals surface area contributed by atoms with Gasteiger partial charge >= 0.3 is 0 Å². The number of nitrogens with one attached hydrogen (secondary N) is 1. The minimum Gasteiger partial charge on any atom is -0.436 e. The van der Waals surface area contributed by atoms with Crippen molar-refractivity contribution >= 4 is 17.1 Å². The fourth-order valence-electron chi connectivity index (χ4n) is 3.78. The van der Waals surface area contributed by atoms with Gasteiger partial charge in [0.05, 0.1) is 30.0 Å². The molecule has 8 heteroatoms. The second kappa shape index (κ2) is 8.03. The van der Waals surface area contributed by atoms with E-state index in [1.165, 1.54) is 12.3 Å². The number of carbonyl (C=O) groups is 1. The van der Waals surface area contributed by atoms with Crippen molar-refractivity contribution in [1.82, 2.24) is 19.6 Å². The fraction of sp³-hybridized carbons (Fsp3) is 0.250. The number of aromatic nitrogens is 4. The van der Waals surface area contributed by atoms with Crippen LogP contribution in [0.25, 0.3) is 16.9 Å². The van der Waals surface area contributed by atoms with Gasteiger partial charge in [0.25, 0.3) is 0 Å². The Hall–Kier alpha value is -3.81. The van der Waals surface area contributed by atoms with E-state index in [0.717, 1.165) is 41.4 Å². The summed E-state index contributed by atoms with van der Waals surface area (Å²) in [5.41, 5.74) is 4.66. The van der Waals surface area contributed by atoms with Crippen LogP contribution in [0.5, 0.6) is 11.6 Å². The number of benzene rings is 1. The molecule has 1 fully saturated rings. The molecular formula is C24H22FN5O2. The zero-order valence-corrected chi connectivity index (χ0v) is 17.8. The van der Waals surface area contributed by atoms with Crippen molar-refractivity contribution in [2.45, 2.75) is 26.2 Å². The van der Waals surface area contributed by atoms with Crippen molar-refractivity contribution < 1.29 is 13.9 Å². The quantitative estimate of drug-likeness (QED) is 0.412. The van der Waals surface area contributed by atoms with E-state index in [1.54, 1.807) is 23.8 Å². The van der Waals surface area contributed by atoms with Crippen molar-refractivity contribution in [3.63, 3.8) is 0 Å². The molecule has 4 aromatic rings. The molecule has 32 heavy (non-hydrogen) atoms. The predicted molar refractivity (Wildman–Crippen MR) is 119 cm³/mol. The lowest BCUT2D eigenvalue weighted by molar-refractivity contribution is 0.0975. The molecular weight excluding hydrogens is 409 g/mol. The number of carbonyl (C=O) groups excluding carboxylic acids is 1. The van der Waals surface area contributed by atoms with Gasteiger partial charge in [0.2, 0.25) is 5.88 Å². The van der Waals surface area contributed by atoms with Crippen LogP contribution in [0.3, 0.4) is 0 Å². The molecule has 0 amide bonds. The first-order valence-corrected chi connectivity index (χ1v) is 10.5. The molecule has 0 bridgehead atoms. The van der Waals surface area contributed by atoms with Crippen molar-refractivity contribution in [2.75, 3.05) is 12.4 Å². The van der Waals surface area contributed by atoms with E-state index < -0.39 is 5.82 Å². The molecule has 3 aromatic heterocycles. The standard InChI is InChI=1S/C24H22FN5O2/c1-14-7-16(5-6-19(14)22(31)8-15-3-4-15)21-13-28-24-20(26-2)10-23(29-30(21)24)32-18-9-17(25)11-27-12-18/h5-7,9-13,15,26H,3-4,8H2,1-2H3. The Labute approximate surface area is 184 Å². The smallest absolute Gasteiger partial charge is 0.239 e. The molecule has 1 saturated carbocycles. The zero-order valence-electron chi connectivity index (χ0n) is 17.8. The average molecular weight is 431 g/mol. The number of ether oxygens (including phenoxy) is 1. The molecule has 1 aliphatic carbocycles. The molecule has 0 spiro atoms. The summed E-state index contributed by atoms with van der Waals surface area (Å²) in [7, 11) is 1.78. The molecule has 0 aliphatic heterocycles. The third-order valence-electron chi connectivity index (χ3n) is 5.61. The van der Waals surface area contributed by atoms with Gasteiger partial charge in [0.15, 0.2) is 17.2 Å². The maximum absolute atomic E-state index is 13.5. The lowest BCUT2D eigenvalue weighted by atomic mass is 9.98. The Morgan fingerprint density at radius 1 is 1.22 bits per heavy atom. The van der Waals surface area contributed by atoms with E-state index in [9.17, 15) is 9.18 Å². The van der Waals surface area contributed by atoms with Gasteiger partial charge in [0, 0.05) is 36.7 Å². The first-order chi connectivity index (χ1) is 15.5. The topological polar surface area (TPSA) is 81.4 Å². The lowest BCUT2D eigenvalue weighted by Gasteiger charge is -2.11. The van der Waals surface area contributed by atoms with Gasteiger partial charge in [-0.2, -0.15) is 0 Å². The summed E-state index contributed by atoms with van der Waals surface area (Å²) < 4.78 is 20.9. The van der Waals surface area contributed by atoms with E-state index in [4.69, 9.17) is 4.74 Å². The van der Waals surface area contributed by atoms with E-state index in [1.807, 2.05) is 25.1 Å². The minimum atomic E-state index is -0.493. The summed E-state index contributed by atoms with van der Waals surface area (Å²) in [6, 6.07) is 8.72. The van der Waals surface area contributed by atoms with Crippen LogP contribution < -0.4 is 10.1 Å². The number of hydrogen-bond acceptors (Lipinski definition) is 6. The number of pyridine rings is 1. The van der Waals surface area contributed by atoms with Crippen LogP contribution in [0.15, 0.2) is 48.9 Å². The number of nitrogens with zero attached hydrogens (tertiary/aromatic N) is 4. The van der Waals surface area contributed by atoms with E-state index in [0.29, 0.717) is 23.7 Å².